The van der Waals surface area contributed by atoms with Crippen LogP contribution in [0.4, 0.5) is 11.6 Å². The summed E-state index contributed by atoms with van der Waals surface area (Å²) in [6, 6.07) is 8.52. The maximum atomic E-state index is 9.65. The average molecular weight is 680 g/mol. The summed E-state index contributed by atoms with van der Waals surface area (Å²) >= 11 is 0. The summed E-state index contributed by atoms with van der Waals surface area (Å²) in [4.78, 5) is 11.7. The number of hydrogen-bond acceptors (Lipinski definition) is 13. The number of tetrazole rings is 1. The van der Waals surface area contributed by atoms with Crippen molar-refractivity contribution in [3.63, 3.8) is 0 Å². The van der Waals surface area contributed by atoms with E-state index in [4.69, 9.17) is 24.0 Å². The molecule has 1 saturated heterocycles. The number of rotatable bonds is 14. The van der Waals surface area contributed by atoms with Gasteiger partial charge in [0.25, 0.3) is 5.88 Å². The lowest BCUT2D eigenvalue weighted by molar-refractivity contribution is 0.00503. The van der Waals surface area contributed by atoms with Gasteiger partial charge in [-0.05, 0) is 60.7 Å². The largest absolute Gasteiger partial charge is 0.487 e. The monoisotopic (exact) mass is 679 g/mol. The highest BCUT2D eigenvalue weighted by Gasteiger charge is 2.29. The molecule has 2 fully saturated rings. The Labute approximate surface area is 285 Å². The van der Waals surface area contributed by atoms with Crippen LogP contribution >= 0.6 is 12.4 Å². The first kappa shape index (κ1) is 35.0. The zero-order chi connectivity index (χ0) is 32.4. The Morgan fingerprint density at radius 1 is 1.06 bits per heavy atom. The molecule has 2 aliphatic rings. The maximum Gasteiger partial charge on any atom is 0.256 e. The van der Waals surface area contributed by atoms with E-state index in [2.05, 4.69) is 41.8 Å². The number of ether oxygens (including phenoxy) is 4. The highest BCUT2D eigenvalue weighted by molar-refractivity contribution is 5.85. The first-order valence-electron chi connectivity index (χ1n) is 16.1. The number of aromatic nitrogens is 8. The summed E-state index contributed by atoms with van der Waals surface area (Å²) in [5.74, 6) is 1.41. The Hall–Kier alpha value is -4.36. The van der Waals surface area contributed by atoms with Gasteiger partial charge in [0.1, 0.15) is 29.9 Å². The molecule has 3 aromatic heterocycles. The van der Waals surface area contributed by atoms with Crippen LogP contribution in [0.5, 0.6) is 11.6 Å². The fourth-order valence-electron chi connectivity index (χ4n) is 6.09. The van der Waals surface area contributed by atoms with Crippen LogP contribution in [0.15, 0.2) is 43.1 Å². The third-order valence-corrected chi connectivity index (χ3v) is 8.53. The number of nitriles is 1. The molecule has 6 rings (SSSR count). The average Bonchev–Trinajstić information content (AvgIpc) is 3.77. The Balaban J connectivity index is 0.00000451. The van der Waals surface area contributed by atoms with E-state index in [9.17, 15) is 5.26 Å². The number of halogens is 1. The lowest BCUT2D eigenvalue weighted by Gasteiger charge is -2.38. The van der Waals surface area contributed by atoms with Gasteiger partial charge in [0.05, 0.1) is 44.2 Å². The summed E-state index contributed by atoms with van der Waals surface area (Å²) in [6.45, 7) is 7.13. The minimum atomic E-state index is -0.268. The summed E-state index contributed by atoms with van der Waals surface area (Å²) in [5, 5.41) is 29.0. The fourth-order valence-corrected chi connectivity index (χ4v) is 6.09. The summed E-state index contributed by atoms with van der Waals surface area (Å²) < 4.78 is 26.5. The van der Waals surface area contributed by atoms with Gasteiger partial charge in [0.2, 0.25) is 5.95 Å². The number of methoxy groups -OCH3 is 1. The normalized spacial score (nSPS) is 18.8. The molecule has 1 aliphatic heterocycles. The van der Waals surface area contributed by atoms with Crippen LogP contribution in [-0.2, 0) is 16.0 Å². The maximum absolute atomic E-state index is 9.65. The number of benzene rings is 1. The summed E-state index contributed by atoms with van der Waals surface area (Å²) in [6.07, 6.45) is 11.9. The lowest BCUT2D eigenvalue weighted by Crippen LogP contribution is -2.45. The van der Waals surface area contributed by atoms with Crippen molar-refractivity contribution in [3.8, 4) is 28.8 Å². The van der Waals surface area contributed by atoms with Crippen molar-refractivity contribution >= 4 is 24.0 Å². The molecule has 1 N–H and O–H groups in total. The van der Waals surface area contributed by atoms with Gasteiger partial charge in [-0.25, -0.2) is 14.6 Å². The second kappa shape index (κ2) is 17.2. The molecule has 16 heteroatoms. The highest BCUT2D eigenvalue weighted by Crippen LogP contribution is 2.35. The molecular formula is C32H42ClN11O4. The van der Waals surface area contributed by atoms with Crippen LogP contribution in [0.3, 0.4) is 0 Å². The van der Waals surface area contributed by atoms with Crippen LogP contribution in [-0.4, -0.2) is 104 Å². The number of nitrogens with zero attached hydrogens (tertiary/aromatic N) is 10. The molecule has 15 nitrogen and oxygen atoms in total. The van der Waals surface area contributed by atoms with Crippen molar-refractivity contribution in [2.45, 2.75) is 63.8 Å². The second-order valence-electron chi connectivity index (χ2n) is 11.8. The first-order chi connectivity index (χ1) is 23.1. The zero-order valence-electron chi connectivity index (χ0n) is 27.3. The van der Waals surface area contributed by atoms with Crippen LogP contribution in [0, 0.1) is 11.3 Å². The molecule has 4 heterocycles. The van der Waals surface area contributed by atoms with Gasteiger partial charge in [0.15, 0.2) is 0 Å². The fraction of sp³-hybridized carbons (Fsp3) is 0.531. The van der Waals surface area contributed by atoms with E-state index in [1.165, 1.54) is 6.33 Å². The Morgan fingerprint density at radius 2 is 1.83 bits per heavy atom. The molecule has 1 atom stereocenters. The summed E-state index contributed by atoms with van der Waals surface area (Å²) in [5.41, 5.74) is 2.75. The van der Waals surface area contributed by atoms with Gasteiger partial charge in [-0.3, -0.25) is 9.58 Å². The third-order valence-electron chi connectivity index (χ3n) is 8.53. The molecule has 256 valence electrons. The number of hydrogen-bond donors (Lipinski definition) is 1. The summed E-state index contributed by atoms with van der Waals surface area (Å²) in [7, 11) is 1.68. The highest BCUT2D eigenvalue weighted by atomic mass is 35.5. The van der Waals surface area contributed by atoms with Crippen molar-refractivity contribution in [2.24, 2.45) is 0 Å². The van der Waals surface area contributed by atoms with E-state index < -0.39 is 0 Å². The van der Waals surface area contributed by atoms with E-state index in [0.29, 0.717) is 55.0 Å². The SMILES string of the molecule is COCCCOc1nn(C2CCC(N3CCOCC3)CC2)cc1Nc1ncc(-c2ccc(C#N)c(O[C@@H](C)Cn3cnnn3)c2)cn1.Cl. The topological polar surface area (TPSA) is 163 Å². The standard InChI is InChI=1S/C32H41N11O4.ClH/c1-23(20-42-22-36-39-40-42)47-30-16-24(4-5-25(30)17-33)26-18-34-32(35-19-26)37-29-21-43(38-31(29)46-13-3-12-44-2)28-8-6-27(7-9-28)41-10-14-45-15-11-41;/h4-5,16,18-19,21-23,27-28H,3,6-15,20H2,1-2H3,(H,34,35,37);1H/t23-,27?,28?;/m0./s1. The van der Waals surface area contributed by atoms with Gasteiger partial charge >= 0.3 is 0 Å². The van der Waals surface area contributed by atoms with Crippen LogP contribution in [0.25, 0.3) is 11.1 Å². The molecule has 0 spiro atoms. The first-order valence-corrected chi connectivity index (χ1v) is 16.1. The van der Waals surface area contributed by atoms with Crippen molar-refractivity contribution in [3.05, 3.63) is 48.7 Å². The number of morpholine rings is 1. The smallest absolute Gasteiger partial charge is 0.256 e. The van der Waals surface area contributed by atoms with Crippen LogP contribution in [0.1, 0.15) is 50.6 Å². The number of nitrogens with one attached hydrogen (secondary N) is 1. The minimum absolute atomic E-state index is 0. The van der Waals surface area contributed by atoms with Gasteiger partial charge in [-0.15, -0.1) is 22.6 Å². The Bertz CT molecular complexity index is 1600. The molecule has 4 aromatic rings. The molecule has 1 aromatic carbocycles. The predicted octanol–water partition coefficient (Wildman–Crippen LogP) is 4.06. The molecule has 0 bridgehead atoms. The lowest BCUT2D eigenvalue weighted by atomic mass is 9.90. The Kier molecular flexibility index (Phi) is 12.5. The quantitative estimate of drug-likeness (QED) is 0.190. The molecule has 0 radical (unpaired) electrons. The van der Waals surface area contributed by atoms with Crippen molar-refractivity contribution in [1.82, 2.24) is 44.9 Å². The molecule has 1 aliphatic carbocycles. The van der Waals surface area contributed by atoms with Crippen LogP contribution < -0.4 is 14.8 Å². The van der Waals surface area contributed by atoms with Crippen LogP contribution in [0.2, 0.25) is 0 Å². The van der Waals surface area contributed by atoms with Gasteiger partial charge in [0, 0.05) is 57.2 Å². The zero-order valence-corrected chi connectivity index (χ0v) is 28.1. The van der Waals surface area contributed by atoms with Gasteiger partial charge in [-0.1, -0.05) is 6.07 Å². The predicted molar refractivity (Wildman–Crippen MR) is 179 cm³/mol. The number of anilines is 2. The van der Waals surface area contributed by atoms with E-state index in [1.807, 2.05) is 29.9 Å². The molecule has 1 saturated carbocycles. The molecule has 0 unspecified atom stereocenters. The second-order valence-corrected chi connectivity index (χ2v) is 11.8. The third kappa shape index (κ3) is 8.95. The van der Waals surface area contributed by atoms with E-state index in [0.717, 1.165) is 75.2 Å². The van der Waals surface area contributed by atoms with Crippen molar-refractivity contribution < 1.29 is 18.9 Å². The van der Waals surface area contributed by atoms with E-state index in [1.54, 1.807) is 30.3 Å². The van der Waals surface area contributed by atoms with Gasteiger partial charge < -0.3 is 24.3 Å². The Morgan fingerprint density at radius 3 is 2.54 bits per heavy atom. The molecule has 0 amide bonds. The molecular weight excluding hydrogens is 638 g/mol. The minimum Gasteiger partial charge on any atom is -0.487 e. The van der Waals surface area contributed by atoms with Crippen molar-refractivity contribution in [2.75, 3.05) is 51.9 Å². The molecule has 48 heavy (non-hydrogen) atoms. The van der Waals surface area contributed by atoms with Crippen molar-refractivity contribution in [1.29, 1.82) is 5.26 Å². The van der Waals surface area contributed by atoms with Gasteiger partial charge in [-0.2, -0.15) is 5.26 Å². The van der Waals surface area contributed by atoms with E-state index >= 15 is 0 Å². The van der Waals surface area contributed by atoms with E-state index in [-0.39, 0.29) is 18.5 Å².